The van der Waals surface area contributed by atoms with Crippen molar-refractivity contribution in [2.24, 2.45) is 0 Å². The van der Waals surface area contributed by atoms with Crippen LogP contribution in [0.3, 0.4) is 0 Å². The van der Waals surface area contributed by atoms with Crippen molar-refractivity contribution in [2.75, 3.05) is 12.4 Å². The number of hydrogen-bond donors (Lipinski definition) is 1. The van der Waals surface area contributed by atoms with Crippen molar-refractivity contribution in [3.63, 3.8) is 0 Å². The summed E-state index contributed by atoms with van der Waals surface area (Å²) in [5, 5.41) is 13.6. The molecule has 0 unspecified atom stereocenters. The molecule has 0 aliphatic rings. The van der Waals surface area contributed by atoms with Gasteiger partial charge in [-0.2, -0.15) is 0 Å². The molecular formula is C14H12F2N2O3. The van der Waals surface area contributed by atoms with E-state index in [9.17, 15) is 18.9 Å². The zero-order valence-corrected chi connectivity index (χ0v) is 11.1. The van der Waals surface area contributed by atoms with E-state index in [4.69, 9.17) is 4.74 Å². The predicted molar refractivity (Wildman–Crippen MR) is 73.3 cm³/mol. The molecule has 21 heavy (non-hydrogen) atoms. The lowest BCUT2D eigenvalue weighted by Gasteiger charge is -2.11. The lowest BCUT2D eigenvalue weighted by atomic mass is 10.1. The maximum atomic E-state index is 13.5. The van der Waals surface area contributed by atoms with Crippen LogP contribution in [-0.4, -0.2) is 12.0 Å². The highest BCUT2D eigenvalue weighted by Gasteiger charge is 2.12. The molecule has 1 N–H and O–H groups in total. The minimum absolute atomic E-state index is 0.0829. The highest BCUT2D eigenvalue weighted by Crippen LogP contribution is 2.25. The topological polar surface area (TPSA) is 64.4 Å². The van der Waals surface area contributed by atoms with E-state index in [1.165, 1.54) is 24.3 Å². The number of nitro benzene ring substituents is 1. The normalized spacial score (nSPS) is 10.2. The maximum absolute atomic E-state index is 13.5. The van der Waals surface area contributed by atoms with E-state index >= 15 is 0 Å². The Kier molecular flexibility index (Phi) is 4.32. The Morgan fingerprint density at radius 3 is 2.62 bits per heavy atom. The first kappa shape index (κ1) is 14.7. The van der Waals surface area contributed by atoms with Gasteiger partial charge in [-0.05, 0) is 18.2 Å². The zero-order valence-electron chi connectivity index (χ0n) is 11.1. The lowest BCUT2D eigenvalue weighted by Crippen LogP contribution is -2.03. The van der Waals surface area contributed by atoms with Gasteiger partial charge >= 0.3 is 0 Å². The van der Waals surface area contributed by atoms with Gasteiger partial charge in [0, 0.05) is 36.5 Å². The van der Waals surface area contributed by atoms with E-state index in [0.717, 1.165) is 6.07 Å². The highest BCUT2D eigenvalue weighted by molar-refractivity contribution is 5.55. The number of nitro groups is 1. The largest absolute Gasteiger partial charge is 0.486 e. The molecular weight excluding hydrogens is 282 g/mol. The molecule has 0 atom stereocenters. The summed E-state index contributed by atoms with van der Waals surface area (Å²) >= 11 is 0. The van der Waals surface area contributed by atoms with Gasteiger partial charge in [-0.15, -0.1) is 0 Å². The molecule has 0 heterocycles. The van der Waals surface area contributed by atoms with Crippen molar-refractivity contribution >= 4 is 11.4 Å². The second-order valence-corrected chi connectivity index (χ2v) is 4.21. The van der Waals surface area contributed by atoms with Crippen molar-refractivity contribution in [1.29, 1.82) is 0 Å². The van der Waals surface area contributed by atoms with E-state index in [-0.39, 0.29) is 18.0 Å². The Morgan fingerprint density at radius 2 is 2.00 bits per heavy atom. The number of ether oxygens (including phenoxy) is 1. The van der Waals surface area contributed by atoms with Gasteiger partial charge in [-0.3, -0.25) is 10.1 Å². The minimum atomic E-state index is -0.827. The molecule has 110 valence electrons. The molecule has 0 saturated heterocycles. The fraction of sp³-hybridized carbons (Fsp3) is 0.143. The zero-order chi connectivity index (χ0) is 15.4. The Labute approximate surface area is 119 Å². The highest BCUT2D eigenvalue weighted by atomic mass is 19.1. The Balaban J connectivity index is 2.22. The molecule has 0 aromatic heterocycles. The Bertz CT molecular complexity index is 677. The Hall–Kier alpha value is -2.70. The molecule has 0 bridgehead atoms. The first-order valence-corrected chi connectivity index (χ1v) is 6.04. The van der Waals surface area contributed by atoms with Crippen LogP contribution < -0.4 is 10.1 Å². The molecule has 0 aliphatic heterocycles. The van der Waals surface area contributed by atoms with Gasteiger partial charge in [0.2, 0.25) is 0 Å². The molecule has 2 aromatic rings. The lowest BCUT2D eigenvalue weighted by molar-refractivity contribution is -0.384. The molecule has 2 aromatic carbocycles. The summed E-state index contributed by atoms with van der Waals surface area (Å²) in [4.78, 5) is 10.2. The molecule has 0 radical (unpaired) electrons. The van der Waals surface area contributed by atoms with Gasteiger partial charge in [0.15, 0.2) is 11.6 Å². The third kappa shape index (κ3) is 3.44. The van der Waals surface area contributed by atoms with E-state index in [0.29, 0.717) is 17.3 Å². The molecule has 5 nitrogen and oxygen atoms in total. The van der Waals surface area contributed by atoms with Gasteiger partial charge in [0.05, 0.1) is 4.92 Å². The number of non-ortho nitro benzene ring substituents is 1. The molecule has 0 amide bonds. The van der Waals surface area contributed by atoms with Gasteiger partial charge < -0.3 is 10.1 Å². The number of halogens is 2. The summed E-state index contributed by atoms with van der Waals surface area (Å²) < 4.78 is 31.5. The first-order valence-electron chi connectivity index (χ1n) is 6.04. The van der Waals surface area contributed by atoms with Crippen molar-refractivity contribution < 1.29 is 18.4 Å². The SMILES string of the molecule is CNc1ccc([N+](=O)[O-])cc1COc1ccc(F)cc1F. The fourth-order valence-corrected chi connectivity index (χ4v) is 1.80. The van der Waals surface area contributed by atoms with Crippen LogP contribution in [0.1, 0.15) is 5.56 Å². The summed E-state index contributed by atoms with van der Waals surface area (Å²) in [5.41, 5.74) is 1.03. The monoisotopic (exact) mass is 294 g/mol. The molecule has 0 fully saturated rings. The van der Waals surface area contributed by atoms with Crippen LogP contribution in [0, 0.1) is 21.7 Å². The third-order valence-corrected chi connectivity index (χ3v) is 2.85. The van der Waals surface area contributed by atoms with Crippen molar-refractivity contribution in [1.82, 2.24) is 0 Å². The van der Waals surface area contributed by atoms with Gasteiger partial charge in [-0.1, -0.05) is 0 Å². The summed E-state index contributed by atoms with van der Waals surface area (Å²) in [6.07, 6.45) is 0. The summed E-state index contributed by atoms with van der Waals surface area (Å²) in [6.45, 7) is -0.0829. The number of nitrogens with one attached hydrogen (secondary N) is 1. The molecule has 0 spiro atoms. The summed E-state index contributed by atoms with van der Waals surface area (Å²) in [5.74, 6) is -1.65. The van der Waals surface area contributed by atoms with Gasteiger partial charge in [0.1, 0.15) is 12.4 Å². The fourth-order valence-electron chi connectivity index (χ4n) is 1.80. The quantitative estimate of drug-likeness (QED) is 0.677. The standard InChI is InChI=1S/C14H12F2N2O3/c1-17-13-4-3-11(18(19)20)6-9(13)8-21-14-5-2-10(15)7-12(14)16/h2-7,17H,8H2,1H3. The van der Waals surface area contributed by atoms with Crippen LogP contribution >= 0.6 is 0 Å². The average molecular weight is 294 g/mol. The predicted octanol–water partition coefficient (Wildman–Crippen LogP) is 3.49. The number of nitrogens with zero attached hydrogens (tertiary/aromatic N) is 1. The van der Waals surface area contributed by atoms with Crippen LogP contribution in [0.4, 0.5) is 20.2 Å². The number of anilines is 1. The van der Waals surface area contributed by atoms with Gasteiger partial charge in [0.25, 0.3) is 5.69 Å². The van der Waals surface area contributed by atoms with Crippen molar-refractivity contribution in [3.8, 4) is 5.75 Å². The van der Waals surface area contributed by atoms with Crippen LogP contribution in [0.5, 0.6) is 5.75 Å². The van der Waals surface area contributed by atoms with Crippen LogP contribution in [0.2, 0.25) is 0 Å². The Morgan fingerprint density at radius 1 is 1.24 bits per heavy atom. The minimum Gasteiger partial charge on any atom is -0.486 e. The smallest absolute Gasteiger partial charge is 0.269 e. The number of hydrogen-bond acceptors (Lipinski definition) is 4. The maximum Gasteiger partial charge on any atom is 0.269 e. The number of benzene rings is 2. The molecule has 0 aliphatic carbocycles. The van der Waals surface area contributed by atoms with E-state index in [1.807, 2.05) is 0 Å². The first-order chi connectivity index (χ1) is 10.0. The molecule has 7 heteroatoms. The second kappa shape index (κ2) is 6.17. The van der Waals surface area contributed by atoms with E-state index < -0.39 is 16.6 Å². The van der Waals surface area contributed by atoms with Crippen LogP contribution in [0.15, 0.2) is 36.4 Å². The van der Waals surface area contributed by atoms with Crippen molar-refractivity contribution in [2.45, 2.75) is 6.61 Å². The van der Waals surface area contributed by atoms with Crippen LogP contribution in [-0.2, 0) is 6.61 Å². The molecule has 0 saturated carbocycles. The van der Waals surface area contributed by atoms with Crippen molar-refractivity contribution in [3.05, 3.63) is 63.7 Å². The van der Waals surface area contributed by atoms with Crippen LogP contribution in [0.25, 0.3) is 0 Å². The summed E-state index contributed by atoms with van der Waals surface area (Å²) in [6, 6.07) is 7.19. The van der Waals surface area contributed by atoms with Gasteiger partial charge in [-0.25, -0.2) is 8.78 Å². The summed E-state index contributed by atoms with van der Waals surface area (Å²) in [7, 11) is 1.66. The average Bonchev–Trinajstić information content (AvgIpc) is 2.46. The van der Waals surface area contributed by atoms with E-state index in [1.54, 1.807) is 7.05 Å². The third-order valence-electron chi connectivity index (χ3n) is 2.85. The number of rotatable bonds is 5. The molecule has 2 rings (SSSR count). The second-order valence-electron chi connectivity index (χ2n) is 4.21. The van der Waals surface area contributed by atoms with E-state index in [2.05, 4.69) is 5.32 Å².